The summed E-state index contributed by atoms with van der Waals surface area (Å²) in [7, 11) is 0. The molecule has 0 radical (unpaired) electrons. The Hall–Kier alpha value is -2.43. The maximum absolute atomic E-state index is 13.0. The van der Waals surface area contributed by atoms with E-state index in [9.17, 15) is 4.39 Å². The van der Waals surface area contributed by atoms with Crippen molar-refractivity contribution in [3.05, 3.63) is 54.2 Å². The van der Waals surface area contributed by atoms with Crippen LogP contribution < -0.4 is 5.73 Å². The summed E-state index contributed by atoms with van der Waals surface area (Å²) in [4.78, 5) is 8.44. The smallest absolute Gasteiger partial charge is 0.145 e. The van der Waals surface area contributed by atoms with Crippen molar-refractivity contribution in [3.63, 3.8) is 0 Å². The van der Waals surface area contributed by atoms with Crippen LogP contribution in [-0.2, 0) is 6.42 Å². The number of benzene rings is 1. The van der Waals surface area contributed by atoms with Gasteiger partial charge in [-0.3, -0.25) is 0 Å². The van der Waals surface area contributed by atoms with Gasteiger partial charge < -0.3 is 10.3 Å². The Morgan fingerprint density at radius 3 is 2.78 bits per heavy atom. The lowest BCUT2D eigenvalue weighted by atomic mass is 9.98. The zero-order valence-electron chi connectivity index (χ0n) is 12.8. The molecule has 2 heterocycles. The first-order chi connectivity index (χ1) is 11.2. The molecule has 2 unspecified atom stereocenters. The summed E-state index contributed by atoms with van der Waals surface area (Å²) in [5.74, 6) is 0.992. The zero-order chi connectivity index (χ0) is 15.8. The van der Waals surface area contributed by atoms with Crippen molar-refractivity contribution in [2.45, 2.75) is 31.7 Å². The van der Waals surface area contributed by atoms with Gasteiger partial charge in [0, 0.05) is 12.2 Å². The summed E-state index contributed by atoms with van der Waals surface area (Å²) in [5, 5.41) is 0.925. The number of nitrogen functional groups attached to an aromatic ring is 1. The number of anilines is 1. The van der Waals surface area contributed by atoms with Gasteiger partial charge in [0.1, 0.15) is 23.6 Å². The zero-order valence-corrected chi connectivity index (χ0v) is 12.8. The molecule has 0 spiro atoms. The predicted molar refractivity (Wildman–Crippen MR) is 88.4 cm³/mol. The fourth-order valence-corrected chi connectivity index (χ4v) is 3.73. The van der Waals surface area contributed by atoms with Crippen LogP contribution in [0.3, 0.4) is 0 Å². The van der Waals surface area contributed by atoms with E-state index in [0.717, 1.165) is 30.3 Å². The van der Waals surface area contributed by atoms with E-state index in [4.69, 9.17) is 5.73 Å². The molecule has 1 fully saturated rings. The predicted octanol–water partition coefficient (Wildman–Crippen LogP) is 3.74. The molecular formula is C18H19FN4. The van der Waals surface area contributed by atoms with Crippen LogP contribution in [0.25, 0.3) is 11.0 Å². The minimum atomic E-state index is -0.172. The third kappa shape index (κ3) is 2.67. The highest BCUT2D eigenvalue weighted by molar-refractivity contribution is 5.86. The van der Waals surface area contributed by atoms with Gasteiger partial charge in [0.15, 0.2) is 0 Å². The number of rotatable bonds is 3. The number of fused-ring (bicyclic) bond motifs is 1. The van der Waals surface area contributed by atoms with E-state index in [1.165, 1.54) is 18.3 Å². The summed E-state index contributed by atoms with van der Waals surface area (Å²) in [5.41, 5.74) is 8.05. The number of hydrogen-bond donors (Lipinski definition) is 1. The highest BCUT2D eigenvalue weighted by Crippen LogP contribution is 2.38. The summed E-state index contributed by atoms with van der Waals surface area (Å²) in [6.45, 7) is 0. The van der Waals surface area contributed by atoms with E-state index in [0.29, 0.717) is 17.8 Å². The van der Waals surface area contributed by atoms with Gasteiger partial charge >= 0.3 is 0 Å². The Bertz CT molecular complexity index is 825. The van der Waals surface area contributed by atoms with E-state index in [-0.39, 0.29) is 5.82 Å². The molecule has 0 saturated heterocycles. The minimum absolute atomic E-state index is 0.172. The largest absolute Gasteiger partial charge is 0.383 e. The van der Waals surface area contributed by atoms with E-state index >= 15 is 0 Å². The van der Waals surface area contributed by atoms with E-state index in [1.807, 2.05) is 18.2 Å². The van der Waals surface area contributed by atoms with Crippen LogP contribution in [0.4, 0.5) is 10.2 Å². The fraction of sp³-hybridized carbons (Fsp3) is 0.333. The Labute approximate surface area is 134 Å². The van der Waals surface area contributed by atoms with Crippen molar-refractivity contribution in [3.8, 4) is 0 Å². The third-order valence-corrected chi connectivity index (χ3v) is 4.88. The molecule has 3 aromatic rings. The number of halogens is 1. The summed E-state index contributed by atoms with van der Waals surface area (Å²) in [6, 6.07) is 9.32. The molecule has 2 N–H and O–H groups in total. The Kier molecular flexibility index (Phi) is 3.48. The van der Waals surface area contributed by atoms with Crippen LogP contribution in [0, 0.1) is 11.7 Å². The third-order valence-electron chi connectivity index (χ3n) is 4.88. The number of aromatic nitrogens is 3. The van der Waals surface area contributed by atoms with Crippen molar-refractivity contribution in [2.75, 3.05) is 5.73 Å². The summed E-state index contributed by atoms with van der Waals surface area (Å²) >= 11 is 0. The molecule has 118 valence electrons. The molecule has 5 heteroatoms. The van der Waals surface area contributed by atoms with Crippen LogP contribution in [0.15, 0.2) is 42.9 Å². The number of nitrogens with two attached hydrogens (primary N) is 1. The molecule has 0 amide bonds. The molecule has 4 rings (SSSR count). The lowest BCUT2D eigenvalue weighted by Gasteiger charge is -2.14. The maximum atomic E-state index is 13.0. The quantitative estimate of drug-likeness (QED) is 0.802. The minimum Gasteiger partial charge on any atom is -0.383 e. The molecule has 1 aromatic carbocycles. The molecule has 1 aliphatic carbocycles. The van der Waals surface area contributed by atoms with Crippen LogP contribution in [0.2, 0.25) is 0 Å². The van der Waals surface area contributed by atoms with Gasteiger partial charge in [-0.25, -0.2) is 14.4 Å². The Morgan fingerprint density at radius 1 is 1.13 bits per heavy atom. The van der Waals surface area contributed by atoms with E-state index in [1.54, 1.807) is 12.1 Å². The lowest BCUT2D eigenvalue weighted by Crippen LogP contribution is -2.06. The first-order valence-corrected chi connectivity index (χ1v) is 8.02. The van der Waals surface area contributed by atoms with E-state index < -0.39 is 0 Å². The van der Waals surface area contributed by atoms with Crippen LogP contribution in [0.1, 0.15) is 30.9 Å². The highest BCUT2D eigenvalue weighted by atomic mass is 19.1. The van der Waals surface area contributed by atoms with Gasteiger partial charge in [0.2, 0.25) is 0 Å². The van der Waals surface area contributed by atoms with Crippen LogP contribution in [0.5, 0.6) is 0 Å². The second-order valence-electron chi connectivity index (χ2n) is 6.38. The molecule has 1 aliphatic rings. The number of hydrogen-bond acceptors (Lipinski definition) is 3. The molecule has 2 atom stereocenters. The second kappa shape index (κ2) is 5.65. The van der Waals surface area contributed by atoms with Crippen molar-refractivity contribution in [1.82, 2.24) is 14.5 Å². The molecule has 1 saturated carbocycles. The average molecular weight is 310 g/mol. The highest BCUT2D eigenvalue weighted by Gasteiger charge is 2.27. The molecular weight excluding hydrogens is 291 g/mol. The summed E-state index contributed by atoms with van der Waals surface area (Å²) < 4.78 is 15.2. The molecule has 0 bridgehead atoms. The molecule has 4 nitrogen and oxygen atoms in total. The standard InChI is InChI=1S/C18H19FN4/c19-14-4-1-12(2-5-14)9-13-3-6-15(10-13)23-8-7-16-17(20)21-11-22-18(16)23/h1-2,4-5,7-8,11,13,15H,3,6,9-10H2,(H2,20,21,22). The van der Waals surface area contributed by atoms with Gasteiger partial charge in [-0.05, 0) is 55.4 Å². The second-order valence-corrected chi connectivity index (χ2v) is 6.38. The van der Waals surface area contributed by atoms with Gasteiger partial charge in [-0.1, -0.05) is 12.1 Å². The average Bonchev–Trinajstić information content (AvgIpc) is 3.17. The normalized spacial score (nSPS) is 21.1. The van der Waals surface area contributed by atoms with Crippen LogP contribution in [-0.4, -0.2) is 14.5 Å². The van der Waals surface area contributed by atoms with E-state index in [2.05, 4.69) is 20.7 Å². The van der Waals surface area contributed by atoms with Gasteiger partial charge in [-0.15, -0.1) is 0 Å². The number of nitrogens with zero attached hydrogens (tertiary/aromatic N) is 3. The lowest BCUT2D eigenvalue weighted by molar-refractivity contribution is 0.482. The summed E-state index contributed by atoms with van der Waals surface area (Å²) in [6.07, 6.45) is 8.04. The Morgan fingerprint density at radius 2 is 1.96 bits per heavy atom. The topological polar surface area (TPSA) is 56.7 Å². The first kappa shape index (κ1) is 14.2. The Balaban J connectivity index is 1.51. The van der Waals surface area contributed by atoms with Crippen molar-refractivity contribution in [1.29, 1.82) is 0 Å². The van der Waals surface area contributed by atoms with Crippen molar-refractivity contribution < 1.29 is 4.39 Å². The molecule has 0 aliphatic heterocycles. The van der Waals surface area contributed by atoms with Gasteiger partial charge in [0.25, 0.3) is 0 Å². The first-order valence-electron chi connectivity index (χ1n) is 8.02. The maximum Gasteiger partial charge on any atom is 0.145 e. The van der Waals surface area contributed by atoms with Gasteiger partial charge in [0.05, 0.1) is 5.39 Å². The SMILES string of the molecule is Nc1ncnc2c1ccn2C1CCC(Cc2ccc(F)cc2)C1. The fourth-order valence-electron chi connectivity index (χ4n) is 3.73. The monoisotopic (exact) mass is 310 g/mol. The van der Waals surface area contributed by atoms with Crippen molar-refractivity contribution in [2.24, 2.45) is 5.92 Å². The molecule has 2 aromatic heterocycles. The van der Waals surface area contributed by atoms with Crippen LogP contribution >= 0.6 is 0 Å². The van der Waals surface area contributed by atoms with Gasteiger partial charge in [-0.2, -0.15) is 0 Å². The van der Waals surface area contributed by atoms with Crippen molar-refractivity contribution >= 4 is 16.9 Å². The molecule has 23 heavy (non-hydrogen) atoms.